The van der Waals surface area contributed by atoms with Crippen molar-refractivity contribution < 1.29 is 9.53 Å². The topological polar surface area (TPSA) is 67.4 Å². The SMILES string of the molecule is C=CNc1cc(C)nc2c(OCc3c(Cl)cncc3CN(CCC)C(=O)C(C)C)cccc12. The minimum atomic E-state index is -0.0771. The molecule has 0 bridgehead atoms. The highest BCUT2D eigenvalue weighted by atomic mass is 35.5. The standard InChI is InChI=1S/C26H31ClN4O2/c1-6-11-31(26(32)17(3)4)15-19-13-28-14-22(27)21(19)16-33-24-10-8-9-20-23(29-7-2)12-18(5)30-25(20)24/h7-10,12-14,17H,2,6,11,15-16H2,1,3-5H3,(H,29,30). The van der Waals surface area contributed by atoms with Crippen LogP contribution in [0, 0.1) is 12.8 Å². The molecule has 0 aliphatic carbocycles. The van der Waals surface area contributed by atoms with Crippen LogP contribution in [0.4, 0.5) is 5.69 Å². The third-order valence-electron chi connectivity index (χ3n) is 5.31. The molecular formula is C26H31ClN4O2. The van der Waals surface area contributed by atoms with E-state index in [0.717, 1.165) is 39.8 Å². The van der Waals surface area contributed by atoms with Crippen LogP contribution in [-0.4, -0.2) is 27.3 Å². The van der Waals surface area contributed by atoms with Gasteiger partial charge in [-0.15, -0.1) is 0 Å². The predicted molar refractivity (Wildman–Crippen MR) is 134 cm³/mol. The van der Waals surface area contributed by atoms with Gasteiger partial charge in [0.1, 0.15) is 17.9 Å². The van der Waals surface area contributed by atoms with Crippen LogP contribution in [0.15, 0.2) is 49.4 Å². The first kappa shape index (κ1) is 24.5. The number of aryl methyl sites for hydroxylation is 1. The Morgan fingerprint density at radius 1 is 1.33 bits per heavy atom. The second kappa shape index (κ2) is 11.1. The number of nitrogens with zero attached hydrogens (tertiary/aromatic N) is 3. The number of fused-ring (bicyclic) bond motifs is 1. The Bertz CT molecular complexity index is 1150. The molecule has 0 saturated heterocycles. The van der Waals surface area contributed by atoms with Crippen LogP contribution in [0.3, 0.4) is 0 Å². The van der Waals surface area contributed by atoms with E-state index in [1.54, 1.807) is 18.6 Å². The molecule has 2 aromatic heterocycles. The van der Waals surface area contributed by atoms with Gasteiger partial charge < -0.3 is 15.0 Å². The fourth-order valence-electron chi connectivity index (χ4n) is 3.75. The first-order valence-corrected chi connectivity index (χ1v) is 11.5. The zero-order valence-electron chi connectivity index (χ0n) is 19.7. The van der Waals surface area contributed by atoms with Crippen molar-refractivity contribution in [2.75, 3.05) is 11.9 Å². The van der Waals surface area contributed by atoms with E-state index < -0.39 is 0 Å². The molecule has 0 aliphatic heterocycles. The number of para-hydroxylation sites is 1. The number of ether oxygens (including phenoxy) is 1. The van der Waals surface area contributed by atoms with Gasteiger partial charge in [-0.25, -0.2) is 4.98 Å². The fraction of sp³-hybridized carbons (Fsp3) is 0.346. The first-order valence-electron chi connectivity index (χ1n) is 11.2. The van der Waals surface area contributed by atoms with Crippen LogP contribution >= 0.6 is 11.6 Å². The highest BCUT2D eigenvalue weighted by Gasteiger charge is 2.20. The summed E-state index contributed by atoms with van der Waals surface area (Å²) < 4.78 is 6.23. The molecule has 0 saturated carbocycles. The molecule has 0 spiro atoms. The fourth-order valence-corrected chi connectivity index (χ4v) is 3.99. The van der Waals surface area contributed by atoms with Crippen LogP contribution < -0.4 is 10.1 Å². The van der Waals surface area contributed by atoms with Gasteiger partial charge in [0.15, 0.2) is 0 Å². The van der Waals surface area contributed by atoms with Crippen molar-refractivity contribution >= 4 is 34.1 Å². The van der Waals surface area contributed by atoms with E-state index in [9.17, 15) is 4.79 Å². The molecule has 0 fully saturated rings. The molecular weight excluding hydrogens is 436 g/mol. The molecule has 1 aromatic carbocycles. The lowest BCUT2D eigenvalue weighted by Crippen LogP contribution is -2.34. The molecule has 1 amide bonds. The molecule has 33 heavy (non-hydrogen) atoms. The number of pyridine rings is 2. The number of carbonyl (C=O) groups excluding carboxylic acids is 1. The largest absolute Gasteiger partial charge is 0.487 e. The van der Waals surface area contributed by atoms with Crippen LogP contribution in [0.25, 0.3) is 10.9 Å². The normalized spacial score (nSPS) is 11.0. The quantitative estimate of drug-likeness (QED) is 0.389. The highest BCUT2D eigenvalue weighted by molar-refractivity contribution is 6.31. The van der Waals surface area contributed by atoms with Gasteiger partial charge in [-0.05, 0) is 37.2 Å². The number of halogens is 1. The van der Waals surface area contributed by atoms with Gasteiger partial charge in [-0.3, -0.25) is 9.78 Å². The number of hydrogen-bond acceptors (Lipinski definition) is 5. The summed E-state index contributed by atoms with van der Waals surface area (Å²) in [4.78, 5) is 23.5. The minimum absolute atomic E-state index is 0.0771. The summed E-state index contributed by atoms with van der Waals surface area (Å²) in [5, 5.41) is 4.62. The van der Waals surface area contributed by atoms with Crippen molar-refractivity contribution in [1.29, 1.82) is 0 Å². The van der Waals surface area contributed by atoms with Gasteiger partial charge in [0.2, 0.25) is 5.91 Å². The number of hydrogen-bond donors (Lipinski definition) is 1. The number of nitrogens with one attached hydrogen (secondary N) is 1. The number of aromatic nitrogens is 2. The predicted octanol–water partition coefficient (Wildman–Crippen LogP) is 6.12. The summed E-state index contributed by atoms with van der Waals surface area (Å²) in [6, 6.07) is 7.79. The molecule has 0 aliphatic rings. The Balaban J connectivity index is 1.92. The molecule has 3 aromatic rings. The first-order chi connectivity index (χ1) is 15.8. The van der Waals surface area contributed by atoms with E-state index >= 15 is 0 Å². The molecule has 7 heteroatoms. The van der Waals surface area contributed by atoms with Crippen molar-refractivity contribution in [3.8, 4) is 5.75 Å². The molecule has 3 rings (SSSR count). The zero-order chi connectivity index (χ0) is 24.0. The number of carbonyl (C=O) groups is 1. The molecule has 2 heterocycles. The average molecular weight is 467 g/mol. The summed E-state index contributed by atoms with van der Waals surface area (Å²) in [5.74, 6) is 0.692. The van der Waals surface area contributed by atoms with Crippen LogP contribution in [0.1, 0.15) is 44.0 Å². The zero-order valence-corrected chi connectivity index (χ0v) is 20.4. The Morgan fingerprint density at radius 3 is 2.82 bits per heavy atom. The third kappa shape index (κ3) is 5.82. The molecule has 1 N–H and O–H groups in total. The molecule has 6 nitrogen and oxygen atoms in total. The lowest BCUT2D eigenvalue weighted by atomic mass is 10.1. The number of rotatable bonds is 10. The van der Waals surface area contributed by atoms with Crippen molar-refractivity contribution in [2.45, 2.75) is 47.3 Å². The van der Waals surface area contributed by atoms with Crippen LogP contribution in [0.5, 0.6) is 5.75 Å². The summed E-state index contributed by atoms with van der Waals surface area (Å²) >= 11 is 6.53. The summed E-state index contributed by atoms with van der Waals surface area (Å²) in [6.45, 7) is 12.9. The van der Waals surface area contributed by atoms with Gasteiger partial charge >= 0.3 is 0 Å². The van der Waals surface area contributed by atoms with Gasteiger partial charge in [-0.1, -0.05) is 51.1 Å². The van der Waals surface area contributed by atoms with E-state index in [4.69, 9.17) is 21.3 Å². The van der Waals surface area contributed by atoms with E-state index in [1.807, 2.05) is 49.9 Å². The lowest BCUT2D eigenvalue weighted by Gasteiger charge is -2.25. The van der Waals surface area contributed by atoms with Gasteiger partial charge in [0.25, 0.3) is 0 Å². The van der Waals surface area contributed by atoms with Crippen LogP contribution in [0.2, 0.25) is 5.02 Å². The highest BCUT2D eigenvalue weighted by Crippen LogP contribution is 2.31. The van der Waals surface area contributed by atoms with Crippen molar-refractivity contribution in [1.82, 2.24) is 14.9 Å². The summed E-state index contributed by atoms with van der Waals surface area (Å²) in [6.07, 6.45) is 5.89. The number of amides is 1. The van der Waals surface area contributed by atoms with Gasteiger partial charge in [-0.2, -0.15) is 0 Å². The smallest absolute Gasteiger partial charge is 0.225 e. The van der Waals surface area contributed by atoms with Crippen LogP contribution in [-0.2, 0) is 17.9 Å². The summed E-state index contributed by atoms with van der Waals surface area (Å²) in [5.41, 5.74) is 4.24. The van der Waals surface area contributed by atoms with Gasteiger partial charge in [0, 0.05) is 53.7 Å². The number of anilines is 1. The summed E-state index contributed by atoms with van der Waals surface area (Å²) in [7, 11) is 0. The second-order valence-electron chi connectivity index (χ2n) is 8.27. The molecule has 0 radical (unpaired) electrons. The molecule has 174 valence electrons. The average Bonchev–Trinajstić information content (AvgIpc) is 2.78. The van der Waals surface area contributed by atoms with Gasteiger partial charge in [0.05, 0.1) is 5.02 Å². The van der Waals surface area contributed by atoms with E-state index in [-0.39, 0.29) is 18.4 Å². The monoisotopic (exact) mass is 466 g/mol. The molecule has 0 atom stereocenters. The molecule has 0 unspecified atom stereocenters. The van der Waals surface area contributed by atoms with E-state index in [0.29, 0.717) is 23.9 Å². The van der Waals surface area contributed by atoms with Crippen molar-refractivity contribution in [2.24, 2.45) is 5.92 Å². The lowest BCUT2D eigenvalue weighted by molar-refractivity contribution is -0.135. The Kier molecular flexibility index (Phi) is 8.28. The van der Waals surface area contributed by atoms with Crippen molar-refractivity contribution in [3.05, 3.63) is 71.3 Å². The maximum absolute atomic E-state index is 12.7. The maximum atomic E-state index is 12.7. The minimum Gasteiger partial charge on any atom is -0.487 e. The Hall–Kier alpha value is -3.12. The second-order valence-corrected chi connectivity index (χ2v) is 8.68. The Morgan fingerprint density at radius 2 is 2.12 bits per heavy atom. The maximum Gasteiger partial charge on any atom is 0.225 e. The Labute approximate surface area is 200 Å². The van der Waals surface area contributed by atoms with E-state index in [2.05, 4.69) is 23.8 Å². The number of benzene rings is 1. The third-order valence-corrected chi connectivity index (χ3v) is 5.64. The van der Waals surface area contributed by atoms with E-state index in [1.165, 1.54) is 0 Å². The van der Waals surface area contributed by atoms with Crippen molar-refractivity contribution in [3.63, 3.8) is 0 Å².